The van der Waals surface area contributed by atoms with Crippen LogP contribution >= 0.6 is 11.8 Å². The summed E-state index contributed by atoms with van der Waals surface area (Å²) >= 11 is 1.54. The Hall–Kier alpha value is -5.58. The van der Waals surface area contributed by atoms with Gasteiger partial charge >= 0.3 is 11.9 Å². The number of rotatable bonds is 14. The second-order valence-corrected chi connectivity index (χ2v) is 17.8. The maximum atomic E-state index is 13.0. The van der Waals surface area contributed by atoms with Crippen molar-refractivity contribution in [2.45, 2.75) is 63.4 Å². The molecule has 0 bridgehead atoms. The number of esters is 2. The first-order valence-corrected chi connectivity index (χ1v) is 22.9. The number of nitrogens with one attached hydrogen (secondary N) is 4. The van der Waals surface area contributed by atoms with Gasteiger partial charge in [0.15, 0.2) is 9.84 Å². The summed E-state index contributed by atoms with van der Waals surface area (Å²) < 4.78 is 45.3. The number of sulfone groups is 1. The van der Waals surface area contributed by atoms with Crippen LogP contribution in [0.15, 0.2) is 60.7 Å². The van der Waals surface area contributed by atoms with Gasteiger partial charge in [-0.2, -0.15) is 11.8 Å². The normalized spacial score (nSPS) is 24.6. The first kappa shape index (κ1) is 47.5. The highest BCUT2D eigenvalue weighted by atomic mass is 32.2. The van der Waals surface area contributed by atoms with Crippen LogP contribution in [0.25, 0.3) is 0 Å². The monoisotopic (exact) mass is 902 g/mol. The minimum absolute atomic E-state index is 0.0238. The molecule has 0 aliphatic carbocycles. The van der Waals surface area contributed by atoms with Crippen LogP contribution in [0, 0.1) is 0 Å². The molecule has 6 atom stereocenters. The van der Waals surface area contributed by atoms with Crippen molar-refractivity contribution in [1.29, 1.82) is 0 Å². The Morgan fingerprint density at radius 3 is 1.61 bits per heavy atom. The van der Waals surface area contributed by atoms with Crippen LogP contribution in [0.5, 0.6) is 0 Å². The molecule has 4 aliphatic rings. The quantitative estimate of drug-likeness (QED) is 0.166. The van der Waals surface area contributed by atoms with Crippen molar-refractivity contribution in [3.05, 3.63) is 71.8 Å². The largest absolute Gasteiger partial charge is 0.433 e. The Morgan fingerprint density at radius 2 is 1.13 bits per heavy atom. The molecule has 4 N–H and O–H groups in total. The lowest BCUT2D eigenvalue weighted by molar-refractivity contribution is -0.165. The molecule has 20 nitrogen and oxygen atoms in total. The fourth-order valence-electron chi connectivity index (χ4n) is 6.74. The van der Waals surface area contributed by atoms with Crippen molar-refractivity contribution >= 4 is 69.0 Å². The molecule has 6 rings (SSSR count). The number of hydrogen-bond donors (Lipinski definition) is 4. The van der Waals surface area contributed by atoms with Gasteiger partial charge in [0.25, 0.3) is 11.8 Å². The lowest BCUT2D eigenvalue weighted by Crippen LogP contribution is -2.53. The predicted molar refractivity (Wildman–Crippen MR) is 221 cm³/mol. The summed E-state index contributed by atoms with van der Waals surface area (Å²) in [4.78, 5) is 101. The van der Waals surface area contributed by atoms with Gasteiger partial charge in [-0.05, 0) is 38.1 Å². The Bertz CT molecular complexity index is 2060. The summed E-state index contributed by atoms with van der Waals surface area (Å²) in [6, 6.07) is 13.4. The van der Waals surface area contributed by atoms with Crippen LogP contribution in [0.3, 0.4) is 0 Å². The average molecular weight is 903 g/mol. The summed E-state index contributed by atoms with van der Waals surface area (Å²) in [6.45, 7) is 3.69. The standard InChI is InChI=1S/C20H25N3O8S.C20H25N3O6S/c1-2-30-20-14(10-17(25)31-20)21-16(24)11-23-8-9-32(28,29)12-15(19(23)27)22-18(26)13-6-4-3-5-7-13;1-2-28-20-14(10-17(25)29-20)21-16(24)11-23-8-9-30-12-15(19(23)27)22-18(26)13-6-4-3-5-7-13/h3-7,14-15,20H,2,8-12H2,1H3,(H,21,24)(H,22,26);3-7,14-15,20H,2,8-12H2,1H3,(H,21,24)(H,22,26)/t2*14-,15-,20?/m00/s1. The van der Waals surface area contributed by atoms with E-state index in [-0.39, 0.29) is 55.7 Å². The summed E-state index contributed by atoms with van der Waals surface area (Å²) in [5.74, 6) is -3.67. The van der Waals surface area contributed by atoms with Crippen LogP contribution < -0.4 is 21.3 Å². The number of benzene rings is 2. The third kappa shape index (κ3) is 13.7. The van der Waals surface area contributed by atoms with Crippen LogP contribution in [0.1, 0.15) is 47.4 Å². The van der Waals surface area contributed by atoms with Crippen LogP contribution in [0.4, 0.5) is 0 Å². The first-order chi connectivity index (χ1) is 29.7. The van der Waals surface area contributed by atoms with Crippen LogP contribution in [0.2, 0.25) is 0 Å². The summed E-state index contributed by atoms with van der Waals surface area (Å²) in [5, 5.41) is 10.5. The van der Waals surface area contributed by atoms with Gasteiger partial charge in [0.05, 0.1) is 37.4 Å². The molecule has 4 heterocycles. The molecule has 62 heavy (non-hydrogen) atoms. The number of cyclic esters (lactones) is 2. The summed E-state index contributed by atoms with van der Waals surface area (Å²) in [7, 11) is -3.64. The van der Waals surface area contributed by atoms with Crippen molar-refractivity contribution in [2.24, 2.45) is 0 Å². The minimum atomic E-state index is -3.64. The van der Waals surface area contributed by atoms with Crippen molar-refractivity contribution in [2.75, 3.05) is 62.4 Å². The van der Waals surface area contributed by atoms with Crippen LogP contribution in [-0.2, 0) is 57.6 Å². The Balaban J connectivity index is 0.000000235. The molecule has 4 fully saturated rings. The van der Waals surface area contributed by atoms with Gasteiger partial charge < -0.3 is 50.0 Å². The van der Waals surface area contributed by atoms with Gasteiger partial charge in [0.2, 0.25) is 36.2 Å². The van der Waals surface area contributed by atoms with Gasteiger partial charge in [-0.3, -0.25) is 38.4 Å². The molecule has 6 amide bonds. The van der Waals surface area contributed by atoms with E-state index in [4.69, 9.17) is 18.9 Å². The number of hydrogen-bond acceptors (Lipinski definition) is 15. The van der Waals surface area contributed by atoms with E-state index in [0.717, 1.165) is 4.90 Å². The highest BCUT2D eigenvalue weighted by molar-refractivity contribution is 7.99. The number of carbonyl (C=O) groups is 8. The van der Waals surface area contributed by atoms with E-state index in [1.807, 2.05) is 6.07 Å². The number of thioether (sulfide) groups is 1. The predicted octanol–water partition coefficient (Wildman–Crippen LogP) is -1.01. The maximum absolute atomic E-state index is 13.0. The SMILES string of the molecule is CCOC1OC(=O)C[C@@H]1NC(=O)CN1CCS(=O)(=O)C[C@H](NC(=O)c2ccccc2)C1=O.CCOC1OC(=O)C[C@@H]1NC(=O)CN1CCSC[C@H](NC(=O)c2ccccc2)C1=O. The molecule has 4 aliphatic heterocycles. The van der Waals surface area contributed by atoms with E-state index >= 15 is 0 Å². The minimum Gasteiger partial charge on any atom is -0.433 e. The first-order valence-electron chi connectivity index (χ1n) is 19.9. The highest BCUT2D eigenvalue weighted by Crippen LogP contribution is 2.19. The smallest absolute Gasteiger partial charge is 0.310 e. The molecule has 22 heteroatoms. The topological polar surface area (TPSA) is 262 Å². The zero-order valence-corrected chi connectivity index (χ0v) is 35.8. The molecular weight excluding hydrogens is 853 g/mol. The molecule has 0 aromatic heterocycles. The Morgan fingerprint density at radius 1 is 0.677 bits per heavy atom. The Labute approximate surface area is 362 Å². The molecule has 2 aromatic carbocycles. The van der Waals surface area contributed by atoms with Gasteiger partial charge in [0, 0.05) is 48.9 Å². The molecular formula is C40H50N6O14S2. The van der Waals surface area contributed by atoms with Crippen molar-refractivity contribution in [3.63, 3.8) is 0 Å². The maximum Gasteiger partial charge on any atom is 0.310 e. The summed E-state index contributed by atoms with van der Waals surface area (Å²) in [6.07, 6.45) is -1.79. The van der Waals surface area contributed by atoms with E-state index in [1.165, 1.54) is 17.0 Å². The van der Waals surface area contributed by atoms with Gasteiger partial charge in [-0.25, -0.2) is 8.42 Å². The van der Waals surface area contributed by atoms with Crippen molar-refractivity contribution < 1.29 is 65.7 Å². The lowest BCUT2D eigenvalue weighted by atomic mass is 10.2. The van der Waals surface area contributed by atoms with E-state index < -0.39 is 94.4 Å². The summed E-state index contributed by atoms with van der Waals surface area (Å²) in [5.41, 5.74) is 0.746. The van der Waals surface area contributed by atoms with Crippen LogP contribution in [-0.4, -0.2) is 165 Å². The zero-order valence-electron chi connectivity index (χ0n) is 34.1. The van der Waals surface area contributed by atoms with Gasteiger partial charge in [-0.1, -0.05) is 36.4 Å². The number of nitrogens with zero attached hydrogens (tertiary/aromatic N) is 2. The van der Waals surface area contributed by atoms with Crippen molar-refractivity contribution in [3.8, 4) is 0 Å². The van der Waals surface area contributed by atoms with E-state index in [0.29, 0.717) is 30.2 Å². The number of carbonyl (C=O) groups excluding carboxylic acids is 8. The third-order valence-corrected chi connectivity index (χ3v) is 12.4. The number of ether oxygens (including phenoxy) is 4. The van der Waals surface area contributed by atoms with Crippen molar-refractivity contribution in [1.82, 2.24) is 31.1 Å². The molecule has 0 radical (unpaired) electrons. The highest BCUT2D eigenvalue weighted by Gasteiger charge is 2.40. The van der Waals surface area contributed by atoms with E-state index in [9.17, 15) is 46.8 Å². The molecule has 2 unspecified atom stereocenters. The van der Waals surface area contributed by atoms with E-state index in [2.05, 4.69) is 21.3 Å². The number of amides is 6. The fraction of sp³-hybridized carbons (Fsp3) is 0.500. The lowest BCUT2D eigenvalue weighted by Gasteiger charge is -2.25. The Kier molecular flexibility index (Phi) is 17.2. The molecule has 0 spiro atoms. The second-order valence-electron chi connectivity index (χ2n) is 14.4. The molecule has 4 saturated heterocycles. The third-order valence-electron chi connectivity index (χ3n) is 9.73. The molecule has 0 saturated carbocycles. The molecule has 336 valence electrons. The molecule has 2 aromatic rings. The van der Waals surface area contributed by atoms with Gasteiger partial charge in [-0.15, -0.1) is 0 Å². The van der Waals surface area contributed by atoms with Gasteiger partial charge in [0.1, 0.15) is 24.2 Å². The zero-order chi connectivity index (χ0) is 44.8. The second kappa shape index (κ2) is 22.5. The fourth-order valence-corrected chi connectivity index (χ4v) is 9.12. The average Bonchev–Trinajstić information content (AvgIpc) is 3.68. The van der Waals surface area contributed by atoms with E-state index in [1.54, 1.807) is 68.1 Å².